The predicted molar refractivity (Wildman–Crippen MR) is 79.3 cm³/mol. The van der Waals surface area contributed by atoms with E-state index in [0.717, 1.165) is 0 Å². The van der Waals surface area contributed by atoms with Crippen LogP contribution in [0, 0.1) is 25.2 Å². The van der Waals surface area contributed by atoms with Gasteiger partial charge in [0.15, 0.2) is 0 Å². The molecule has 1 aromatic heterocycles. The van der Waals surface area contributed by atoms with Crippen molar-refractivity contribution in [2.75, 3.05) is 4.72 Å². The molecule has 2 aromatic rings. The Labute approximate surface area is 124 Å². The Morgan fingerprint density at radius 3 is 2.38 bits per heavy atom. The summed E-state index contributed by atoms with van der Waals surface area (Å²) in [6.07, 6.45) is 0. The second-order valence-electron chi connectivity index (χ2n) is 4.61. The summed E-state index contributed by atoms with van der Waals surface area (Å²) in [6.45, 7) is 5.92. The number of rotatable bonds is 4. The zero-order chi connectivity index (χ0) is 15.6. The second-order valence-corrected chi connectivity index (χ2v) is 6.23. The van der Waals surface area contributed by atoms with Crippen LogP contribution in [-0.4, -0.2) is 18.2 Å². The first kappa shape index (κ1) is 15.1. The van der Waals surface area contributed by atoms with E-state index in [4.69, 9.17) is 5.26 Å². The lowest BCUT2D eigenvalue weighted by Gasteiger charge is -2.08. The fourth-order valence-electron chi connectivity index (χ4n) is 2.20. The quantitative estimate of drug-likeness (QED) is 0.938. The van der Waals surface area contributed by atoms with Crippen LogP contribution in [0.3, 0.4) is 0 Å². The van der Waals surface area contributed by atoms with Crippen LogP contribution in [0.1, 0.15) is 23.9 Å². The van der Waals surface area contributed by atoms with Crippen molar-refractivity contribution in [3.63, 3.8) is 0 Å². The number of aromatic nitrogens is 2. The van der Waals surface area contributed by atoms with Gasteiger partial charge in [0, 0.05) is 12.2 Å². The highest BCUT2D eigenvalue weighted by Gasteiger charge is 2.24. The van der Waals surface area contributed by atoms with E-state index < -0.39 is 10.0 Å². The molecular formula is C14H16N4O2S. The number of nitriles is 1. The van der Waals surface area contributed by atoms with Crippen molar-refractivity contribution in [3.05, 3.63) is 41.2 Å². The van der Waals surface area contributed by atoms with Crippen molar-refractivity contribution in [1.82, 2.24) is 9.78 Å². The van der Waals surface area contributed by atoms with Crippen LogP contribution in [0.4, 0.5) is 5.69 Å². The minimum Gasteiger partial charge on any atom is -0.280 e. The van der Waals surface area contributed by atoms with Crippen molar-refractivity contribution in [2.24, 2.45) is 0 Å². The number of sulfonamides is 1. The number of nitrogens with zero attached hydrogens (tertiary/aromatic N) is 3. The molecule has 1 heterocycles. The molecule has 0 fully saturated rings. The van der Waals surface area contributed by atoms with Crippen LogP contribution in [0.5, 0.6) is 0 Å². The van der Waals surface area contributed by atoms with Gasteiger partial charge in [-0.05, 0) is 45.0 Å². The summed E-state index contributed by atoms with van der Waals surface area (Å²) in [5.41, 5.74) is 1.97. The molecule has 0 saturated heterocycles. The van der Waals surface area contributed by atoms with Gasteiger partial charge in [-0.3, -0.25) is 9.40 Å². The van der Waals surface area contributed by atoms with Gasteiger partial charge in [0.05, 0.1) is 23.0 Å². The Kier molecular flexibility index (Phi) is 4.00. The van der Waals surface area contributed by atoms with E-state index in [1.54, 1.807) is 42.8 Å². The number of hydrogen-bond acceptors (Lipinski definition) is 4. The van der Waals surface area contributed by atoms with Crippen LogP contribution < -0.4 is 4.72 Å². The first-order valence-corrected chi connectivity index (χ1v) is 7.94. The molecule has 0 saturated carbocycles. The van der Waals surface area contributed by atoms with Gasteiger partial charge in [-0.15, -0.1) is 0 Å². The highest BCUT2D eigenvalue weighted by atomic mass is 32.2. The number of anilines is 1. The van der Waals surface area contributed by atoms with Gasteiger partial charge >= 0.3 is 0 Å². The Hall–Kier alpha value is -2.33. The molecule has 7 heteroatoms. The molecule has 0 aliphatic carbocycles. The predicted octanol–water partition coefficient (Wildman–Crippen LogP) is 2.19. The van der Waals surface area contributed by atoms with Crippen molar-refractivity contribution in [1.29, 1.82) is 5.26 Å². The van der Waals surface area contributed by atoms with Gasteiger partial charge in [0.2, 0.25) is 0 Å². The Bertz CT molecular complexity index is 799. The van der Waals surface area contributed by atoms with Crippen molar-refractivity contribution < 1.29 is 8.42 Å². The zero-order valence-electron chi connectivity index (χ0n) is 12.1. The van der Waals surface area contributed by atoms with E-state index in [2.05, 4.69) is 9.82 Å². The molecule has 0 aliphatic heterocycles. The number of aryl methyl sites for hydroxylation is 2. The molecule has 2 rings (SSSR count). The van der Waals surface area contributed by atoms with E-state index in [1.165, 1.54) is 0 Å². The molecule has 1 aromatic carbocycles. The summed E-state index contributed by atoms with van der Waals surface area (Å²) in [5, 5.41) is 13.0. The molecule has 0 aliphatic rings. The molecule has 0 unspecified atom stereocenters. The van der Waals surface area contributed by atoms with Gasteiger partial charge in [-0.2, -0.15) is 10.4 Å². The normalized spacial score (nSPS) is 11.1. The topological polar surface area (TPSA) is 87.8 Å². The highest BCUT2D eigenvalue weighted by Crippen LogP contribution is 2.22. The fourth-order valence-corrected chi connectivity index (χ4v) is 3.67. The van der Waals surface area contributed by atoms with E-state index in [9.17, 15) is 8.42 Å². The zero-order valence-corrected chi connectivity index (χ0v) is 12.9. The SMILES string of the molecule is CCn1nc(C)c(S(=O)(=O)Nc2ccc(C#N)cc2)c1C. The van der Waals surface area contributed by atoms with E-state index in [0.29, 0.717) is 29.2 Å². The highest BCUT2D eigenvalue weighted by molar-refractivity contribution is 7.92. The van der Waals surface area contributed by atoms with Gasteiger partial charge < -0.3 is 0 Å². The summed E-state index contributed by atoms with van der Waals surface area (Å²) in [4.78, 5) is 0.203. The first-order valence-electron chi connectivity index (χ1n) is 6.46. The largest absolute Gasteiger partial charge is 0.280 e. The van der Waals surface area contributed by atoms with E-state index in [1.807, 2.05) is 13.0 Å². The number of nitrogens with one attached hydrogen (secondary N) is 1. The maximum Gasteiger partial charge on any atom is 0.265 e. The Balaban J connectivity index is 2.38. The molecule has 0 amide bonds. The van der Waals surface area contributed by atoms with Crippen molar-refractivity contribution in [2.45, 2.75) is 32.2 Å². The molecule has 0 bridgehead atoms. The number of benzene rings is 1. The fraction of sp³-hybridized carbons (Fsp3) is 0.286. The Morgan fingerprint density at radius 2 is 1.90 bits per heavy atom. The van der Waals surface area contributed by atoms with E-state index >= 15 is 0 Å². The maximum atomic E-state index is 12.5. The van der Waals surface area contributed by atoms with Crippen LogP contribution in [0.25, 0.3) is 0 Å². The molecule has 0 spiro atoms. The van der Waals surface area contributed by atoms with Gasteiger partial charge in [0.25, 0.3) is 10.0 Å². The van der Waals surface area contributed by atoms with Crippen LogP contribution in [0.15, 0.2) is 29.2 Å². The Morgan fingerprint density at radius 1 is 1.29 bits per heavy atom. The van der Waals surface area contributed by atoms with Crippen LogP contribution in [0.2, 0.25) is 0 Å². The number of hydrogen-bond donors (Lipinski definition) is 1. The minimum atomic E-state index is -3.70. The molecule has 6 nitrogen and oxygen atoms in total. The summed E-state index contributed by atoms with van der Waals surface area (Å²) in [6, 6.07) is 8.23. The molecule has 110 valence electrons. The lowest BCUT2D eigenvalue weighted by molar-refractivity contribution is 0.598. The summed E-state index contributed by atoms with van der Waals surface area (Å²) >= 11 is 0. The lowest BCUT2D eigenvalue weighted by atomic mass is 10.2. The summed E-state index contributed by atoms with van der Waals surface area (Å²) < 4.78 is 29.2. The molecule has 0 radical (unpaired) electrons. The summed E-state index contributed by atoms with van der Waals surface area (Å²) in [7, 11) is -3.70. The van der Waals surface area contributed by atoms with Gasteiger partial charge in [-0.1, -0.05) is 0 Å². The third-order valence-electron chi connectivity index (χ3n) is 3.15. The summed E-state index contributed by atoms with van der Waals surface area (Å²) in [5.74, 6) is 0. The van der Waals surface area contributed by atoms with Crippen molar-refractivity contribution in [3.8, 4) is 6.07 Å². The molecule has 0 atom stereocenters. The molecule has 21 heavy (non-hydrogen) atoms. The first-order chi connectivity index (χ1) is 9.89. The second kappa shape index (κ2) is 5.58. The van der Waals surface area contributed by atoms with E-state index in [-0.39, 0.29) is 4.90 Å². The average molecular weight is 304 g/mol. The average Bonchev–Trinajstić information content (AvgIpc) is 2.74. The monoisotopic (exact) mass is 304 g/mol. The van der Waals surface area contributed by atoms with Crippen LogP contribution >= 0.6 is 0 Å². The standard InChI is InChI=1S/C14H16N4O2S/c1-4-18-11(3)14(10(2)16-18)21(19,20)17-13-7-5-12(9-15)6-8-13/h5-8,17H,4H2,1-3H3. The lowest BCUT2D eigenvalue weighted by Crippen LogP contribution is -2.15. The smallest absolute Gasteiger partial charge is 0.265 e. The van der Waals surface area contributed by atoms with Crippen molar-refractivity contribution >= 4 is 15.7 Å². The maximum absolute atomic E-state index is 12.5. The third-order valence-corrected chi connectivity index (χ3v) is 4.78. The third kappa shape index (κ3) is 2.90. The van der Waals surface area contributed by atoms with Gasteiger partial charge in [0.1, 0.15) is 4.90 Å². The van der Waals surface area contributed by atoms with Crippen LogP contribution in [-0.2, 0) is 16.6 Å². The molecular weight excluding hydrogens is 288 g/mol. The minimum absolute atomic E-state index is 0.203. The van der Waals surface area contributed by atoms with Gasteiger partial charge in [-0.25, -0.2) is 8.42 Å². The molecule has 1 N–H and O–H groups in total.